The molecule has 1 aliphatic rings. The Kier molecular flexibility index (Phi) is 4.57. The summed E-state index contributed by atoms with van der Waals surface area (Å²) in [5.74, 6) is 2.25. The molecule has 0 saturated carbocycles. The van der Waals surface area contributed by atoms with Gasteiger partial charge < -0.3 is 24.3 Å². The van der Waals surface area contributed by atoms with Crippen molar-refractivity contribution in [3.05, 3.63) is 41.7 Å². The average Bonchev–Trinajstić information content (AvgIpc) is 3.24. The van der Waals surface area contributed by atoms with Gasteiger partial charge in [0.2, 0.25) is 0 Å². The summed E-state index contributed by atoms with van der Waals surface area (Å²) in [6.07, 6.45) is 1.83. The molecule has 1 saturated heterocycles. The summed E-state index contributed by atoms with van der Waals surface area (Å²) in [4.78, 5) is 14.6. The highest BCUT2D eigenvalue weighted by atomic mass is 16.3. The van der Waals surface area contributed by atoms with Crippen molar-refractivity contribution in [3.63, 3.8) is 0 Å². The third-order valence-electron chi connectivity index (χ3n) is 5.12. The van der Waals surface area contributed by atoms with Crippen molar-refractivity contribution in [1.29, 1.82) is 0 Å². The second kappa shape index (κ2) is 7.03. The van der Waals surface area contributed by atoms with Crippen molar-refractivity contribution in [3.8, 4) is 0 Å². The largest absolute Gasteiger partial charge is 0.459 e. The number of para-hydroxylation sites is 1. The zero-order valence-corrected chi connectivity index (χ0v) is 15.5. The standard InChI is InChI=1S/C19H23N5O3/c1-12-9-13-5-3-7-15(17(13)27-12)20-19(26)24-8-4-6-14(10-24)18-22-21-16(11-25)23(18)2/h3,5,7,9,14,25H,4,6,8,10-11H2,1-2H3,(H,20,26)/t14-/m0/s1. The lowest BCUT2D eigenvalue weighted by atomic mass is 9.97. The quantitative estimate of drug-likeness (QED) is 0.740. The molecule has 2 N–H and O–H groups in total. The number of urea groups is 1. The predicted octanol–water partition coefficient (Wildman–Crippen LogP) is 2.77. The van der Waals surface area contributed by atoms with Gasteiger partial charge in [-0.15, -0.1) is 10.2 Å². The van der Waals surface area contributed by atoms with Crippen LogP contribution >= 0.6 is 0 Å². The van der Waals surface area contributed by atoms with Crippen LogP contribution in [0, 0.1) is 6.92 Å². The third kappa shape index (κ3) is 3.28. The van der Waals surface area contributed by atoms with E-state index < -0.39 is 0 Å². The van der Waals surface area contributed by atoms with Crippen LogP contribution in [0.4, 0.5) is 10.5 Å². The maximum atomic E-state index is 12.8. The van der Waals surface area contributed by atoms with Gasteiger partial charge in [-0.3, -0.25) is 0 Å². The minimum absolute atomic E-state index is 0.101. The molecule has 1 fully saturated rings. The molecule has 3 aromatic rings. The number of aliphatic hydroxyl groups excluding tert-OH is 1. The molecule has 2 amide bonds. The van der Waals surface area contributed by atoms with Crippen LogP contribution < -0.4 is 5.32 Å². The van der Waals surface area contributed by atoms with E-state index in [1.54, 1.807) is 4.90 Å². The number of carbonyl (C=O) groups is 1. The number of aliphatic hydroxyl groups is 1. The van der Waals surface area contributed by atoms with Crippen LogP contribution in [0.3, 0.4) is 0 Å². The predicted molar refractivity (Wildman–Crippen MR) is 100 cm³/mol. The second-order valence-corrected chi connectivity index (χ2v) is 6.99. The summed E-state index contributed by atoms with van der Waals surface area (Å²) in [6, 6.07) is 7.52. The van der Waals surface area contributed by atoms with Crippen LogP contribution in [-0.4, -0.2) is 43.9 Å². The molecule has 0 spiro atoms. The number of nitrogens with one attached hydrogen (secondary N) is 1. The fourth-order valence-corrected chi connectivity index (χ4v) is 3.73. The van der Waals surface area contributed by atoms with E-state index in [2.05, 4.69) is 15.5 Å². The second-order valence-electron chi connectivity index (χ2n) is 6.99. The molecular formula is C19H23N5O3. The van der Waals surface area contributed by atoms with Crippen LogP contribution in [0.2, 0.25) is 0 Å². The van der Waals surface area contributed by atoms with Crippen molar-refractivity contribution in [2.75, 3.05) is 18.4 Å². The highest BCUT2D eigenvalue weighted by Gasteiger charge is 2.28. The van der Waals surface area contributed by atoms with Gasteiger partial charge in [0.25, 0.3) is 0 Å². The van der Waals surface area contributed by atoms with E-state index >= 15 is 0 Å². The summed E-state index contributed by atoms with van der Waals surface area (Å²) in [5, 5.41) is 21.5. The van der Waals surface area contributed by atoms with Crippen LogP contribution in [0.5, 0.6) is 0 Å². The van der Waals surface area contributed by atoms with E-state index in [-0.39, 0.29) is 18.6 Å². The van der Waals surface area contributed by atoms with E-state index in [0.717, 1.165) is 29.8 Å². The molecule has 8 nitrogen and oxygen atoms in total. The minimum atomic E-state index is -0.147. The molecule has 2 aromatic heterocycles. The molecule has 4 rings (SSSR count). The number of nitrogens with zero attached hydrogens (tertiary/aromatic N) is 4. The van der Waals surface area contributed by atoms with Gasteiger partial charge in [-0.1, -0.05) is 12.1 Å². The number of benzene rings is 1. The molecule has 1 atom stereocenters. The molecule has 8 heteroatoms. The van der Waals surface area contributed by atoms with Crippen molar-refractivity contribution in [1.82, 2.24) is 19.7 Å². The Labute approximate surface area is 156 Å². The summed E-state index contributed by atoms with van der Waals surface area (Å²) >= 11 is 0. The van der Waals surface area contributed by atoms with E-state index in [4.69, 9.17) is 4.42 Å². The Morgan fingerprint density at radius 3 is 3.04 bits per heavy atom. The first-order chi connectivity index (χ1) is 13.1. The Morgan fingerprint density at radius 2 is 2.26 bits per heavy atom. The van der Waals surface area contributed by atoms with Gasteiger partial charge in [-0.2, -0.15) is 0 Å². The topological polar surface area (TPSA) is 96.4 Å². The van der Waals surface area contributed by atoms with Gasteiger partial charge >= 0.3 is 6.03 Å². The van der Waals surface area contributed by atoms with Crippen LogP contribution in [0.15, 0.2) is 28.7 Å². The fourth-order valence-electron chi connectivity index (χ4n) is 3.73. The number of hydrogen-bond acceptors (Lipinski definition) is 5. The zero-order valence-electron chi connectivity index (χ0n) is 15.5. The SMILES string of the molecule is Cc1cc2cccc(NC(=O)N3CCC[C@H](c4nnc(CO)n4C)C3)c2o1. The molecule has 0 unspecified atom stereocenters. The molecule has 142 valence electrons. The monoisotopic (exact) mass is 369 g/mol. The van der Waals surface area contributed by atoms with Crippen molar-refractivity contribution in [2.45, 2.75) is 32.3 Å². The first kappa shape index (κ1) is 17.5. The van der Waals surface area contributed by atoms with E-state index in [1.165, 1.54) is 0 Å². The highest BCUT2D eigenvalue weighted by molar-refractivity contribution is 5.99. The number of fused-ring (bicyclic) bond motifs is 1. The number of likely N-dealkylation sites (tertiary alicyclic amines) is 1. The first-order valence-corrected chi connectivity index (χ1v) is 9.11. The summed E-state index contributed by atoms with van der Waals surface area (Å²) in [6.45, 7) is 3.01. The van der Waals surface area contributed by atoms with Gasteiger partial charge in [0, 0.05) is 31.4 Å². The number of furan rings is 1. The molecule has 0 aliphatic carbocycles. The van der Waals surface area contributed by atoms with E-state index in [0.29, 0.717) is 30.2 Å². The molecular weight excluding hydrogens is 346 g/mol. The summed E-state index contributed by atoms with van der Waals surface area (Å²) < 4.78 is 7.55. The number of piperidine rings is 1. The summed E-state index contributed by atoms with van der Waals surface area (Å²) in [5.41, 5.74) is 1.37. The number of amides is 2. The Balaban J connectivity index is 1.50. The first-order valence-electron chi connectivity index (χ1n) is 9.11. The maximum absolute atomic E-state index is 12.8. The third-order valence-corrected chi connectivity index (χ3v) is 5.12. The zero-order chi connectivity index (χ0) is 19.0. The number of hydrogen-bond donors (Lipinski definition) is 2. The molecule has 3 heterocycles. The van der Waals surface area contributed by atoms with Gasteiger partial charge in [0.15, 0.2) is 11.4 Å². The van der Waals surface area contributed by atoms with Gasteiger partial charge in [-0.05, 0) is 31.9 Å². The Hall–Kier alpha value is -2.87. The van der Waals surface area contributed by atoms with Gasteiger partial charge in [0.05, 0.1) is 5.69 Å². The number of aryl methyl sites for hydroxylation is 1. The van der Waals surface area contributed by atoms with Crippen molar-refractivity contribution >= 4 is 22.7 Å². The molecule has 1 aromatic carbocycles. The molecule has 1 aliphatic heterocycles. The Morgan fingerprint density at radius 1 is 1.41 bits per heavy atom. The minimum Gasteiger partial charge on any atom is -0.459 e. The van der Waals surface area contributed by atoms with Crippen LogP contribution in [0.1, 0.15) is 36.2 Å². The molecule has 0 radical (unpaired) electrons. The smallest absolute Gasteiger partial charge is 0.321 e. The average molecular weight is 369 g/mol. The van der Waals surface area contributed by atoms with Gasteiger partial charge in [0.1, 0.15) is 18.2 Å². The fraction of sp³-hybridized carbons (Fsp3) is 0.421. The lowest BCUT2D eigenvalue weighted by Crippen LogP contribution is -2.42. The van der Waals surface area contributed by atoms with E-state index in [1.807, 2.05) is 42.8 Å². The van der Waals surface area contributed by atoms with Gasteiger partial charge in [-0.25, -0.2) is 4.79 Å². The number of rotatable bonds is 3. The van der Waals surface area contributed by atoms with Crippen LogP contribution in [0.25, 0.3) is 11.0 Å². The molecule has 27 heavy (non-hydrogen) atoms. The maximum Gasteiger partial charge on any atom is 0.321 e. The number of aromatic nitrogens is 3. The highest BCUT2D eigenvalue weighted by Crippen LogP contribution is 2.29. The lowest BCUT2D eigenvalue weighted by Gasteiger charge is -2.32. The number of anilines is 1. The van der Waals surface area contributed by atoms with Crippen molar-refractivity contribution in [2.24, 2.45) is 7.05 Å². The normalized spacial score (nSPS) is 17.4. The van der Waals surface area contributed by atoms with Crippen LogP contribution in [-0.2, 0) is 13.7 Å². The Bertz CT molecular complexity index is 977. The van der Waals surface area contributed by atoms with E-state index in [9.17, 15) is 9.90 Å². The lowest BCUT2D eigenvalue weighted by molar-refractivity contribution is 0.190. The molecule has 0 bridgehead atoms. The van der Waals surface area contributed by atoms with Crippen molar-refractivity contribution < 1.29 is 14.3 Å². The summed E-state index contributed by atoms with van der Waals surface area (Å²) in [7, 11) is 1.85. The number of carbonyl (C=O) groups excluding carboxylic acids is 1.